The fraction of sp³-hybridized carbons (Fsp3) is 0.429. The van der Waals surface area contributed by atoms with E-state index in [1.54, 1.807) is 7.11 Å². The highest BCUT2D eigenvalue weighted by molar-refractivity contribution is 5.68. The van der Waals surface area contributed by atoms with E-state index in [9.17, 15) is 0 Å². The predicted molar refractivity (Wildman–Crippen MR) is 69.8 cm³/mol. The number of hydrogen-bond donors (Lipinski definition) is 0. The van der Waals surface area contributed by atoms with Crippen LogP contribution in [0.2, 0.25) is 0 Å². The van der Waals surface area contributed by atoms with Crippen molar-refractivity contribution in [1.82, 2.24) is 10.1 Å². The van der Waals surface area contributed by atoms with Crippen molar-refractivity contribution in [2.45, 2.75) is 33.6 Å². The van der Waals surface area contributed by atoms with E-state index in [0.717, 1.165) is 34.0 Å². The van der Waals surface area contributed by atoms with Crippen LogP contribution in [0.15, 0.2) is 16.8 Å². The summed E-state index contributed by atoms with van der Waals surface area (Å²) in [6.45, 7) is 8.02. The summed E-state index contributed by atoms with van der Waals surface area (Å²) >= 11 is 0. The molecule has 4 nitrogen and oxygen atoms in total. The summed E-state index contributed by atoms with van der Waals surface area (Å²) in [6, 6.07) is 1.99. The fourth-order valence-electron chi connectivity index (χ4n) is 2.08. The van der Waals surface area contributed by atoms with E-state index >= 15 is 0 Å². The van der Waals surface area contributed by atoms with Gasteiger partial charge in [0.1, 0.15) is 11.5 Å². The second kappa shape index (κ2) is 4.80. The van der Waals surface area contributed by atoms with Crippen LogP contribution in [0, 0.1) is 13.8 Å². The number of aromatic nitrogens is 2. The quantitative estimate of drug-likeness (QED) is 0.831. The molecule has 0 aliphatic carbocycles. The van der Waals surface area contributed by atoms with Crippen LogP contribution >= 0.6 is 0 Å². The SMILES string of the molecule is COc1cc(-c2c(C)noc2C)cnc1C(C)C. The molecule has 0 fully saturated rings. The summed E-state index contributed by atoms with van der Waals surface area (Å²) in [5, 5.41) is 3.96. The Hall–Kier alpha value is -1.84. The molecule has 96 valence electrons. The van der Waals surface area contributed by atoms with Crippen LogP contribution in [0.25, 0.3) is 11.1 Å². The van der Waals surface area contributed by atoms with Crippen LogP contribution in [0.1, 0.15) is 36.9 Å². The van der Waals surface area contributed by atoms with E-state index in [2.05, 4.69) is 24.0 Å². The first-order chi connectivity index (χ1) is 8.54. The van der Waals surface area contributed by atoms with Gasteiger partial charge in [0.15, 0.2) is 0 Å². The second-order valence-electron chi connectivity index (χ2n) is 4.67. The Labute approximate surface area is 107 Å². The molecule has 18 heavy (non-hydrogen) atoms. The Kier molecular flexibility index (Phi) is 3.36. The average Bonchev–Trinajstić information content (AvgIpc) is 2.68. The van der Waals surface area contributed by atoms with Crippen molar-refractivity contribution >= 4 is 0 Å². The molecule has 0 aromatic carbocycles. The molecule has 0 N–H and O–H groups in total. The normalized spacial score (nSPS) is 11.0. The number of ether oxygens (including phenoxy) is 1. The number of rotatable bonds is 3. The molecule has 0 saturated heterocycles. The number of pyridine rings is 1. The van der Waals surface area contributed by atoms with Crippen molar-refractivity contribution in [2.75, 3.05) is 7.11 Å². The van der Waals surface area contributed by atoms with Crippen molar-refractivity contribution in [3.8, 4) is 16.9 Å². The van der Waals surface area contributed by atoms with Crippen molar-refractivity contribution in [3.63, 3.8) is 0 Å². The second-order valence-corrected chi connectivity index (χ2v) is 4.67. The summed E-state index contributed by atoms with van der Waals surface area (Å²) < 4.78 is 10.6. The van der Waals surface area contributed by atoms with Gasteiger partial charge in [0.2, 0.25) is 0 Å². The van der Waals surface area contributed by atoms with Gasteiger partial charge in [-0.3, -0.25) is 4.98 Å². The van der Waals surface area contributed by atoms with Gasteiger partial charge in [0.25, 0.3) is 0 Å². The minimum atomic E-state index is 0.332. The van der Waals surface area contributed by atoms with Crippen LogP contribution in [-0.4, -0.2) is 17.3 Å². The molecule has 2 rings (SSSR count). The molecular weight excluding hydrogens is 228 g/mol. The van der Waals surface area contributed by atoms with Gasteiger partial charge in [-0.05, 0) is 25.8 Å². The maximum absolute atomic E-state index is 5.41. The van der Waals surface area contributed by atoms with Crippen molar-refractivity contribution in [2.24, 2.45) is 0 Å². The van der Waals surface area contributed by atoms with E-state index in [4.69, 9.17) is 9.26 Å². The van der Waals surface area contributed by atoms with Gasteiger partial charge in [-0.25, -0.2) is 0 Å². The van der Waals surface area contributed by atoms with Gasteiger partial charge in [-0.1, -0.05) is 19.0 Å². The molecule has 4 heteroatoms. The highest BCUT2D eigenvalue weighted by atomic mass is 16.5. The zero-order chi connectivity index (χ0) is 13.3. The first-order valence-corrected chi connectivity index (χ1v) is 6.01. The molecule has 2 aromatic heterocycles. The first-order valence-electron chi connectivity index (χ1n) is 6.01. The van der Waals surface area contributed by atoms with Crippen LogP contribution in [-0.2, 0) is 0 Å². The van der Waals surface area contributed by atoms with E-state index < -0.39 is 0 Å². The Morgan fingerprint density at radius 1 is 1.28 bits per heavy atom. The smallest absolute Gasteiger partial charge is 0.141 e. The van der Waals surface area contributed by atoms with Crippen molar-refractivity contribution in [3.05, 3.63) is 29.4 Å². The zero-order valence-electron chi connectivity index (χ0n) is 11.4. The van der Waals surface area contributed by atoms with Crippen LogP contribution in [0.5, 0.6) is 5.75 Å². The summed E-state index contributed by atoms with van der Waals surface area (Å²) in [4.78, 5) is 4.49. The Balaban J connectivity index is 2.54. The van der Waals surface area contributed by atoms with Gasteiger partial charge in [0, 0.05) is 17.3 Å². The number of aryl methyl sites for hydroxylation is 2. The number of methoxy groups -OCH3 is 1. The molecule has 0 aliphatic rings. The molecule has 0 radical (unpaired) electrons. The molecule has 0 amide bonds. The van der Waals surface area contributed by atoms with Crippen LogP contribution < -0.4 is 4.74 Å². The van der Waals surface area contributed by atoms with E-state index in [1.165, 1.54) is 0 Å². The van der Waals surface area contributed by atoms with Crippen molar-refractivity contribution < 1.29 is 9.26 Å². The lowest BCUT2D eigenvalue weighted by atomic mass is 10.0. The van der Waals surface area contributed by atoms with Crippen molar-refractivity contribution in [1.29, 1.82) is 0 Å². The molecule has 0 saturated carbocycles. The van der Waals surface area contributed by atoms with Gasteiger partial charge in [-0.2, -0.15) is 0 Å². The highest BCUT2D eigenvalue weighted by Gasteiger charge is 2.15. The lowest BCUT2D eigenvalue weighted by Crippen LogP contribution is -1.98. The third kappa shape index (κ3) is 2.10. The molecule has 2 aromatic rings. The van der Waals surface area contributed by atoms with E-state index in [0.29, 0.717) is 5.92 Å². The van der Waals surface area contributed by atoms with Gasteiger partial charge >= 0.3 is 0 Å². The third-order valence-corrected chi connectivity index (χ3v) is 2.97. The monoisotopic (exact) mass is 246 g/mol. The first kappa shape index (κ1) is 12.6. The van der Waals surface area contributed by atoms with E-state index in [-0.39, 0.29) is 0 Å². The Morgan fingerprint density at radius 3 is 2.50 bits per heavy atom. The molecule has 0 spiro atoms. The molecule has 0 aliphatic heterocycles. The molecule has 0 bridgehead atoms. The standard InChI is InChI=1S/C14H18N2O2/c1-8(2)14-12(17-5)6-11(7-15-14)13-9(3)16-18-10(13)4/h6-8H,1-5H3. The molecule has 2 heterocycles. The largest absolute Gasteiger partial charge is 0.495 e. The Morgan fingerprint density at radius 2 is 2.00 bits per heavy atom. The Bertz CT molecular complexity index is 539. The highest BCUT2D eigenvalue weighted by Crippen LogP contribution is 2.32. The topological polar surface area (TPSA) is 48.2 Å². The van der Waals surface area contributed by atoms with Gasteiger partial charge in [0.05, 0.1) is 18.5 Å². The molecular formula is C14H18N2O2. The van der Waals surface area contributed by atoms with Gasteiger partial charge in [-0.15, -0.1) is 0 Å². The minimum Gasteiger partial charge on any atom is -0.495 e. The summed E-state index contributed by atoms with van der Waals surface area (Å²) in [7, 11) is 1.67. The fourth-order valence-corrected chi connectivity index (χ4v) is 2.08. The van der Waals surface area contributed by atoms with Crippen LogP contribution in [0.3, 0.4) is 0 Å². The molecule has 0 unspecified atom stereocenters. The summed E-state index contributed by atoms with van der Waals surface area (Å²) in [5.41, 5.74) is 3.81. The lowest BCUT2D eigenvalue weighted by molar-refractivity contribution is 0.393. The number of nitrogens with zero attached hydrogens (tertiary/aromatic N) is 2. The zero-order valence-corrected chi connectivity index (χ0v) is 11.4. The molecule has 0 atom stereocenters. The van der Waals surface area contributed by atoms with Gasteiger partial charge < -0.3 is 9.26 Å². The maximum Gasteiger partial charge on any atom is 0.141 e. The van der Waals surface area contributed by atoms with Crippen LogP contribution in [0.4, 0.5) is 0 Å². The summed E-state index contributed by atoms with van der Waals surface area (Å²) in [5.74, 6) is 1.94. The summed E-state index contributed by atoms with van der Waals surface area (Å²) in [6.07, 6.45) is 1.85. The average molecular weight is 246 g/mol. The predicted octanol–water partition coefficient (Wildman–Crippen LogP) is 3.49. The van der Waals surface area contributed by atoms with E-state index in [1.807, 2.05) is 26.1 Å². The maximum atomic E-state index is 5.41. The third-order valence-electron chi connectivity index (χ3n) is 2.97. The lowest BCUT2D eigenvalue weighted by Gasteiger charge is -2.12. The number of hydrogen-bond acceptors (Lipinski definition) is 4. The minimum absolute atomic E-state index is 0.332.